The second kappa shape index (κ2) is 8.05. The molecule has 0 aromatic carbocycles. The molecule has 0 aliphatic carbocycles. The summed E-state index contributed by atoms with van der Waals surface area (Å²) in [7, 11) is 0. The first-order chi connectivity index (χ1) is 13.5. The van der Waals surface area contributed by atoms with Crippen LogP contribution in [0.4, 0.5) is 0 Å². The Morgan fingerprint density at radius 2 is 1.82 bits per heavy atom. The maximum absolute atomic E-state index is 12.8. The molecule has 8 heteroatoms. The van der Waals surface area contributed by atoms with Crippen molar-refractivity contribution in [2.45, 2.75) is 58.3 Å². The molecule has 152 valence electrons. The van der Waals surface area contributed by atoms with Crippen molar-refractivity contribution in [3.05, 3.63) is 35.7 Å². The fourth-order valence-electron chi connectivity index (χ4n) is 4.08. The largest absolute Gasteiger partial charge is 0.445 e. The van der Waals surface area contributed by atoms with Gasteiger partial charge in [-0.25, -0.2) is 9.97 Å². The summed E-state index contributed by atoms with van der Waals surface area (Å²) in [6.45, 7) is 9.61. The Bertz CT molecular complexity index is 799. The standard InChI is InChI=1S/C20H28N4O4/c1-13-8-21-18(27-13)12-23-6-4-16(5-7-23)19-22-9-17(28-19)20(25)24-10-14(2)26-15(3)11-24/h8-9,14-16H,4-7,10-12H2,1-3H3/t14-,15+. The molecule has 2 aromatic rings. The van der Waals surface area contributed by atoms with E-state index in [9.17, 15) is 4.79 Å². The number of morpholine rings is 1. The maximum Gasteiger partial charge on any atom is 0.291 e. The van der Waals surface area contributed by atoms with Crippen LogP contribution in [-0.2, 0) is 11.3 Å². The zero-order valence-corrected chi connectivity index (χ0v) is 16.8. The molecule has 0 bridgehead atoms. The Labute approximate surface area is 164 Å². The number of ether oxygens (including phenoxy) is 1. The van der Waals surface area contributed by atoms with Gasteiger partial charge in [0, 0.05) is 19.0 Å². The highest BCUT2D eigenvalue weighted by Crippen LogP contribution is 2.29. The number of oxazole rings is 2. The summed E-state index contributed by atoms with van der Waals surface area (Å²) in [5.41, 5.74) is 0. The minimum absolute atomic E-state index is 0.0341. The van der Waals surface area contributed by atoms with Gasteiger partial charge in [-0.2, -0.15) is 0 Å². The minimum atomic E-state index is -0.0996. The monoisotopic (exact) mass is 388 g/mol. The zero-order chi connectivity index (χ0) is 19.7. The van der Waals surface area contributed by atoms with Crippen molar-refractivity contribution < 1.29 is 18.4 Å². The smallest absolute Gasteiger partial charge is 0.291 e. The topological polar surface area (TPSA) is 84.8 Å². The summed E-state index contributed by atoms with van der Waals surface area (Å²) < 4.78 is 17.1. The molecule has 0 spiro atoms. The van der Waals surface area contributed by atoms with Crippen molar-refractivity contribution in [3.8, 4) is 0 Å². The molecule has 2 aromatic heterocycles. The van der Waals surface area contributed by atoms with Crippen LogP contribution in [0.2, 0.25) is 0 Å². The third-order valence-corrected chi connectivity index (χ3v) is 5.41. The molecule has 4 rings (SSSR count). The fourth-order valence-corrected chi connectivity index (χ4v) is 4.08. The highest BCUT2D eigenvalue weighted by Gasteiger charge is 2.30. The molecule has 28 heavy (non-hydrogen) atoms. The number of carbonyl (C=O) groups is 1. The van der Waals surface area contributed by atoms with Crippen LogP contribution in [-0.4, -0.2) is 64.1 Å². The molecule has 2 saturated heterocycles. The van der Waals surface area contributed by atoms with Gasteiger partial charge in [0.05, 0.1) is 31.1 Å². The molecule has 0 N–H and O–H groups in total. The van der Waals surface area contributed by atoms with E-state index in [2.05, 4.69) is 14.9 Å². The van der Waals surface area contributed by atoms with Gasteiger partial charge in [-0.05, 0) is 46.7 Å². The third-order valence-electron chi connectivity index (χ3n) is 5.41. The average Bonchev–Trinajstić information content (AvgIpc) is 3.30. The molecule has 4 heterocycles. The summed E-state index contributed by atoms with van der Waals surface area (Å²) in [5.74, 6) is 2.74. The lowest BCUT2D eigenvalue weighted by molar-refractivity contribution is -0.0592. The summed E-state index contributed by atoms with van der Waals surface area (Å²) in [5, 5.41) is 0. The van der Waals surface area contributed by atoms with E-state index in [0.29, 0.717) is 24.7 Å². The molecule has 2 fully saturated rings. The highest BCUT2D eigenvalue weighted by atomic mass is 16.5. The van der Waals surface area contributed by atoms with E-state index in [1.807, 2.05) is 20.8 Å². The normalized spacial score (nSPS) is 24.6. The molecular weight excluding hydrogens is 360 g/mol. The minimum Gasteiger partial charge on any atom is -0.445 e. The Morgan fingerprint density at radius 1 is 1.11 bits per heavy atom. The van der Waals surface area contributed by atoms with Crippen LogP contribution in [0.3, 0.4) is 0 Å². The van der Waals surface area contributed by atoms with Crippen molar-refractivity contribution >= 4 is 5.91 Å². The van der Waals surface area contributed by atoms with E-state index in [1.54, 1.807) is 17.3 Å². The molecule has 0 unspecified atom stereocenters. The van der Waals surface area contributed by atoms with Crippen LogP contribution in [0.15, 0.2) is 21.2 Å². The van der Waals surface area contributed by atoms with Gasteiger partial charge in [-0.15, -0.1) is 0 Å². The quantitative estimate of drug-likeness (QED) is 0.796. The van der Waals surface area contributed by atoms with Crippen LogP contribution >= 0.6 is 0 Å². The van der Waals surface area contributed by atoms with E-state index in [0.717, 1.165) is 44.1 Å². The van der Waals surface area contributed by atoms with E-state index in [-0.39, 0.29) is 24.0 Å². The summed E-state index contributed by atoms with van der Waals surface area (Å²) in [6.07, 6.45) is 5.28. The molecule has 1 amide bonds. The lowest BCUT2D eigenvalue weighted by Gasteiger charge is -2.34. The molecule has 2 aliphatic rings. The van der Waals surface area contributed by atoms with Crippen LogP contribution in [0.25, 0.3) is 0 Å². The first kappa shape index (κ1) is 19.1. The maximum atomic E-state index is 12.8. The molecule has 0 radical (unpaired) electrons. The molecular formula is C20H28N4O4. The SMILES string of the molecule is Cc1cnc(CN2CCC(c3ncc(C(=O)N4C[C@@H](C)O[C@@H](C)C4)o3)CC2)o1. The van der Waals surface area contributed by atoms with Gasteiger partial charge in [0.2, 0.25) is 11.7 Å². The predicted octanol–water partition coefficient (Wildman–Crippen LogP) is 2.60. The van der Waals surface area contributed by atoms with Crippen LogP contribution in [0, 0.1) is 6.92 Å². The number of aromatic nitrogens is 2. The first-order valence-corrected chi connectivity index (χ1v) is 10.0. The van der Waals surface area contributed by atoms with Gasteiger partial charge in [0.15, 0.2) is 5.89 Å². The summed E-state index contributed by atoms with van der Waals surface area (Å²) >= 11 is 0. The van der Waals surface area contributed by atoms with Crippen molar-refractivity contribution in [3.63, 3.8) is 0 Å². The van der Waals surface area contributed by atoms with Crippen LogP contribution in [0.1, 0.15) is 60.7 Å². The van der Waals surface area contributed by atoms with Gasteiger partial charge in [-0.3, -0.25) is 9.69 Å². The lowest BCUT2D eigenvalue weighted by atomic mass is 9.97. The number of hydrogen-bond acceptors (Lipinski definition) is 7. The highest BCUT2D eigenvalue weighted by molar-refractivity contribution is 5.91. The number of amides is 1. The van der Waals surface area contributed by atoms with Gasteiger partial charge < -0.3 is 18.5 Å². The number of piperidine rings is 1. The van der Waals surface area contributed by atoms with E-state index >= 15 is 0 Å². The van der Waals surface area contributed by atoms with E-state index in [4.69, 9.17) is 13.6 Å². The van der Waals surface area contributed by atoms with Crippen LogP contribution < -0.4 is 0 Å². The Morgan fingerprint density at radius 3 is 2.46 bits per heavy atom. The number of aryl methyl sites for hydroxylation is 1. The summed E-state index contributed by atoms with van der Waals surface area (Å²) in [6, 6.07) is 0. The second-order valence-electron chi connectivity index (χ2n) is 7.95. The van der Waals surface area contributed by atoms with E-state index in [1.165, 1.54) is 0 Å². The van der Waals surface area contributed by atoms with Gasteiger partial charge in [0.25, 0.3) is 5.91 Å². The Balaban J connectivity index is 1.33. The van der Waals surface area contributed by atoms with Gasteiger partial charge in [-0.1, -0.05) is 0 Å². The van der Waals surface area contributed by atoms with Crippen molar-refractivity contribution in [1.29, 1.82) is 0 Å². The van der Waals surface area contributed by atoms with Gasteiger partial charge >= 0.3 is 0 Å². The van der Waals surface area contributed by atoms with E-state index < -0.39 is 0 Å². The molecule has 0 saturated carbocycles. The number of likely N-dealkylation sites (tertiary alicyclic amines) is 1. The molecule has 8 nitrogen and oxygen atoms in total. The number of nitrogens with zero attached hydrogens (tertiary/aromatic N) is 4. The number of rotatable bonds is 4. The average molecular weight is 388 g/mol. The van der Waals surface area contributed by atoms with Crippen LogP contribution in [0.5, 0.6) is 0 Å². The number of hydrogen-bond donors (Lipinski definition) is 0. The molecule has 2 aliphatic heterocycles. The fraction of sp³-hybridized carbons (Fsp3) is 0.650. The Hall–Kier alpha value is -2.19. The van der Waals surface area contributed by atoms with Crippen molar-refractivity contribution in [1.82, 2.24) is 19.8 Å². The lowest BCUT2D eigenvalue weighted by Crippen LogP contribution is -2.48. The van der Waals surface area contributed by atoms with Gasteiger partial charge in [0.1, 0.15) is 5.76 Å². The zero-order valence-electron chi connectivity index (χ0n) is 16.8. The first-order valence-electron chi connectivity index (χ1n) is 10.0. The predicted molar refractivity (Wildman–Crippen MR) is 101 cm³/mol. The summed E-state index contributed by atoms with van der Waals surface area (Å²) in [4.78, 5) is 25.6. The Kier molecular flexibility index (Phi) is 5.50. The third kappa shape index (κ3) is 4.28. The van der Waals surface area contributed by atoms with Crippen molar-refractivity contribution in [2.24, 2.45) is 0 Å². The number of carbonyl (C=O) groups excluding carboxylic acids is 1. The van der Waals surface area contributed by atoms with Crippen molar-refractivity contribution in [2.75, 3.05) is 26.2 Å². The molecule has 2 atom stereocenters. The second-order valence-corrected chi connectivity index (χ2v) is 7.95.